The van der Waals surface area contributed by atoms with E-state index in [9.17, 15) is 0 Å². The molecule has 1 N–H and O–H groups in total. The molecular weight excluding hydrogens is 258 g/mol. The van der Waals surface area contributed by atoms with Crippen LogP contribution in [-0.4, -0.2) is 16.5 Å². The molecule has 3 nitrogen and oxygen atoms in total. The highest BCUT2D eigenvalue weighted by Gasteiger charge is 2.17. The van der Waals surface area contributed by atoms with Gasteiger partial charge in [-0.3, -0.25) is 9.97 Å². The van der Waals surface area contributed by atoms with Gasteiger partial charge in [-0.15, -0.1) is 0 Å². The van der Waals surface area contributed by atoms with E-state index in [0.29, 0.717) is 0 Å². The first-order valence-corrected chi connectivity index (χ1v) is 7.28. The van der Waals surface area contributed by atoms with Gasteiger partial charge in [0, 0.05) is 24.0 Å². The van der Waals surface area contributed by atoms with Gasteiger partial charge in [0.05, 0.1) is 11.7 Å². The fraction of sp³-hybridized carbons (Fsp3) is 0.222. The summed E-state index contributed by atoms with van der Waals surface area (Å²) in [5.74, 6) is 0. The predicted octanol–water partition coefficient (Wildman–Crippen LogP) is 3.64. The summed E-state index contributed by atoms with van der Waals surface area (Å²) < 4.78 is 0. The van der Waals surface area contributed by atoms with E-state index in [2.05, 4.69) is 65.5 Å². The number of rotatable bonds is 4. The largest absolute Gasteiger partial charge is 0.305 e. The van der Waals surface area contributed by atoms with Crippen molar-refractivity contribution in [2.24, 2.45) is 0 Å². The van der Waals surface area contributed by atoms with Gasteiger partial charge < -0.3 is 5.32 Å². The van der Waals surface area contributed by atoms with Crippen LogP contribution in [0, 0.1) is 6.92 Å². The third-order valence-corrected chi connectivity index (χ3v) is 3.62. The van der Waals surface area contributed by atoms with Crippen molar-refractivity contribution in [1.82, 2.24) is 15.3 Å². The molecule has 3 heteroatoms. The molecule has 0 spiro atoms. The monoisotopic (exact) mass is 277 g/mol. The summed E-state index contributed by atoms with van der Waals surface area (Å²) >= 11 is 0. The fourth-order valence-electron chi connectivity index (χ4n) is 2.69. The van der Waals surface area contributed by atoms with Crippen LogP contribution in [0.1, 0.15) is 29.8 Å². The minimum absolute atomic E-state index is 0.0634. The minimum Gasteiger partial charge on any atom is -0.305 e. The predicted molar refractivity (Wildman–Crippen MR) is 86.2 cm³/mol. The number of hydrogen-bond donors (Lipinski definition) is 1. The van der Waals surface area contributed by atoms with E-state index in [0.717, 1.165) is 23.4 Å². The van der Waals surface area contributed by atoms with Gasteiger partial charge in [-0.05, 0) is 36.0 Å². The van der Waals surface area contributed by atoms with Crippen molar-refractivity contribution >= 4 is 10.8 Å². The van der Waals surface area contributed by atoms with Crippen LogP contribution < -0.4 is 5.32 Å². The number of aromatic nitrogens is 2. The maximum absolute atomic E-state index is 4.64. The zero-order valence-electron chi connectivity index (χ0n) is 12.4. The Hall–Kier alpha value is -2.26. The average molecular weight is 277 g/mol. The first kappa shape index (κ1) is 13.7. The molecule has 1 aromatic carbocycles. The van der Waals surface area contributed by atoms with E-state index >= 15 is 0 Å². The van der Waals surface area contributed by atoms with Crippen molar-refractivity contribution in [1.29, 1.82) is 0 Å². The van der Waals surface area contributed by atoms with Crippen molar-refractivity contribution in [2.75, 3.05) is 6.54 Å². The van der Waals surface area contributed by atoms with Gasteiger partial charge >= 0.3 is 0 Å². The Balaban J connectivity index is 2.16. The van der Waals surface area contributed by atoms with Gasteiger partial charge in [-0.25, -0.2) is 0 Å². The molecule has 3 aromatic rings. The normalized spacial score (nSPS) is 12.5. The van der Waals surface area contributed by atoms with E-state index in [1.54, 1.807) is 0 Å². The third kappa shape index (κ3) is 2.78. The third-order valence-electron chi connectivity index (χ3n) is 3.62. The van der Waals surface area contributed by atoms with Crippen LogP contribution in [0.4, 0.5) is 0 Å². The van der Waals surface area contributed by atoms with Crippen LogP contribution in [0.25, 0.3) is 10.8 Å². The minimum atomic E-state index is 0.0634. The molecule has 3 rings (SSSR count). The molecule has 0 fully saturated rings. The summed E-state index contributed by atoms with van der Waals surface area (Å²) in [5, 5.41) is 5.93. The highest BCUT2D eigenvalue weighted by Crippen LogP contribution is 2.27. The molecule has 0 saturated carbocycles. The number of nitrogens with zero attached hydrogens (tertiary/aromatic N) is 2. The van der Waals surface area contributed by atoms with Crippen molar-refractivity contribution < 1.29 is 0 Å². The van der Waals surface area contributed by atoms with Crippen molar-refractivity contribution in [2.45, 2.75) is 19.9 Å². The Kier molecular flexibility index (Phi) is 3.93. The summed E-state index contributed by atoms with van der Waals surface area (Å²) in [4.78, 5) is 8.97. The molecule has 2 heterocycles. The Morgan fingerprint density at radius 2 is 2.00 bits per heavy atom. The van der Waals surface area contributed by atoms with Gasteiger partial charge in [-0.1, -0.05) is 37.3 Å². The van der Waals surface area contributed by atoms with Gasteiger partial charge in [0.1, 0.15) is 0 Å². The zero-order chi connectivity index (χ0) is 14.7. The van der Waals surface area contributed by atoms with Crippen LogP contribution in [-0.2, 0) is 0 Å². The van der Waals surface area contributed by atoms with E-state index in [1.807, 2.05) is 18.6 Å². The molecule has 0 bridgehead atoms. The number of hydrogen-bond acceptors (Lipinski definition) is 3. The lowest BCUT2D eigenvalue weighted by molar-refractivity contribution is 0.618. The maximum Gasteiger partial charge on any atom is 0.0772 e. The smallest absolute Gasteiger partial charge is 0.0772 e. The lowest BCUT2D eigenvalue weighted by Gasteiger charge is -2.19. The SMILES string of the molecule is CCNC(c1cncc(C)c1)c1nccc2ccccc12. The lowest BCUT2D eigenvalue weighted by atomic mass is 9.99. The summed E-state index contributed by atoms with van der Waals surface area (Å²) in [6.45, 7) is 5.06. The Morgan fingerprint density at radius 1 is 1.14 bits per heavy atom. The molecular formula is C18H19N3. The molecule has 0 aliphatic heterocycles. The van der Waals surface area contributed by atoms with Crippen LogP contribution in [0.5, 0.6) is 0 Å². The summed E-state index contributed by atoms with van der Waals surface area (Å²) in [5.41, 5.74) is 3.37. The first-order valence-electron chi connectivity index (χ1n) is 7.28. The van der Waals surface area contributed by atoms with E-state index in [-0.39, 0.29) is 6.04 Å². The number of fused-ring (bicyclic) bond motifs is 1. The van der Waals surface area contributed by atoms with Gasteiger partial charge in [0.15, 0.2) is 0 Å². The number of nitrogens with one attached hydrogen (secondary N) is 1. The van der Waals surface area contributed by atoms with Crippen LogP contribution >= 0.6 is 0 Å². The van der Waals surface area contributed by atoms with Gasteiger partial charge in [-0.2, -0.15) is 0 Å². The molecule has 0 amide bonds. The highest BCUT2D eigenvalue weighted by atomic mass is 14.9. The molecule has 0 saturated heterocycles. The molecule has 1 unspecified atom stereocenters. The molecule has 0 aliphatic rings. The first-order chi connectivity index (χ1) is 10.3. The molecule has 106 valence electrons. The van der Waals surface area contributed by atoms with Crippen molar-refractivity contribution in [3.8, 4) is 0 Å². The van der Waals surface area contributed by atoms with Crippen molar-refractivity contribution in [3.63, 3.8) is 0 Å². The number of pyridine rings is 2. The molecule has 2 aromatic heterocycles. The fourth-order valence-corrected chi connectivity index (χ4v) is 2.69. The van der Waals surface area contributed by atoms with Gasteiger partial charge in [0.2, 0.25) is 0 Å². The van der Waals surface area contributed by atoms with Crippen LogP contribution in [0.15, 0.2) is 55.0 Å². The second-order valence-electron chi connectivity index (χ2n) is 5.20. The molecule has 0 radical (unpaired) electrons. The van der Waals surface area contributed by atoms with E-state index < -0.39 is 0 Å². The molecule has 0 aliphatic carbocycles. The van der Waals surface area contributed by atoms with Crippen LogP contribution in [0.3, 0.4) is 0 Å². The quantitative estimate of drug-likeness (QED) is 0.791. The Bertz CT molecular complexity index is 747. The highest BCUT2D eigenvalue weighted by molar-refractivity contribution is 5.85. The zero-order valence-corrected chi connectivity index (χ0v) is 12.4. The summed E-state index contributed by atoms with van der Waals surface area (Å²) in [6, 6.07) is 12.7. The maximum atomic E-state index is 4.64. The summed E-state index contributed by atoms with van der Waals surface area (Å²) in [7, 11) is 0. The lowest BCUT2D eigenvalue weighted by Crippen LogP contribution is -2.23. The molecule has 21 heavy (non-hydrogen) atoms. The van der Waals surface area contributed by atoms with E-state index in [4.69, 9.17) is 0 Å². The van der Waals surface area contributed by atoms with E-state index in [1.165, 1.54) is 10.8 Å². The molecule has 1 atom stereocenters. The van der Waals surface area contributed by atoms with Crippen molar-refractivity contribution in [3.05, 3.63) is 71.8 Å². The second-order valence-corrected chi connectivity index (χ2v) is 5.20. The Labute approximate surface area is 125 Å². The number of benzene rings is 1. The topological polar surface area (TPSA) is 37.8 Å². The average Bonchev–Trinajstić information content (AvgIpc) is 2.52. The van der Waals surface area contributed by atoms with Crippen LogP contribution in [0.2, 0.25) is 0 Å². The summed E-state index contributed by atoms with van der Waals surface area (Å²) in [6.07, 6.45) is 5.68. The Morgan fingerprint density at radius 3 is 2.81 bits per heavy atom. The standard InChI is InChI=1S/C18H19N3/c1-3-20-17(15-10-13(2)11-19-12-15)18-16-7-5-4-6-14(16)8-9-21-18/h4-12,17,20H,3H2,1-2H3. The van der Waals surface area contributed by atoms with Gasteiger partial charge in [0.25, 0.3) is 0 Å². The second kappa shape index (κ2) is 6.02. The number of aryl methyl sites for hydroxylation is 1.